The predicted octanol–water partition coefficient (Wildman–Crippen LogP) is 7.52. The minimum absolute atomic E-state index is 0. The monoisotopic (exact) mass is 573 g/mol. The van der Waals surface area contributed by atoms with Gasteiger partial charge in [-0.05, 0) is 40.2 Å². The molecule has 0 saturated heterocycles. The van der Waals surface area contributed by atoms with Gasteiger partial charge in [0.1, 0.15) is 0 Å². The predicted molar refractivity (Wildman–Crippen MR) is 152 cm³/mol. The molecule has 4 rings (SSSR count). The fraction of sp³-hybridized carbons (Fsp3) is 0.452. The second-order valence-corrected chi connectivity index (χ2v) is 14.0. The molecule has 0 N–H and O–H groups in total. The van der Waals surface area contributed by atoms with Gasteiger partial charge in [0.2, 0.25) is 0 Å². The molecule has 1 unspecified atom stereocenters. The molecule has 0 aliphatic heterocycles. The van der Waals surface area contributed by atoms with Crippen molar-refractivity contribution in [3.05, 3.63) is 81.3 Å². The first-order chi connectivity index (χ1) is 14.8. The molecule has 0 aromatic heterocycles. The molecule has 3 heteroatoms. The van der Waals surface area contributed by atoms with Gasteiger partial charge in [-0.1, -0.05) is 101 Å². The molecule has 0 bridgehead atoms. The Morgan fingerprint density at radius 3 is 2.18 bits per heavy atom. The SMILES string of the molecule is CCC1=C(C2(C(C)(C)C)[C-]=C3C=c4cc(C(C)(C)C)ccc4=C3C=C2)CC=C1.C[C](C)=[Zr].Cl.Cl. The number of benzene rings is 1. The zero-order valence-corrected chi connectivity index (χ0v) is 26.4. The van der Waals surface area contributed by atoms with Crippen LogP contribution >= 0.6 is 24.8 Å². The molecule has 0 nitrogen and oxygen atoms in total. The van der Waals surface area contributed by atoms with Crippen molar-refractivity contribution in [3.8, 4) is 0 Å². The Kier molecular flexibility index (Phi) is 10.6. The van der Waals surface area contributed by atoms with Gasteiger partial charge in [0.15, 0.2) is 0 Å². The van der Waals surface area contributed by atoms with Crippen LogP contribution in [0.15, 0.2) is 59.2 Å². The van der Waals surface area contributed by atoms with E-state index in [9.17, 15) is 0 Å². The zero-order chi connectivity index (χ0) is 23.9. The molecule has 1 aromatic rings. The molecule has 1 atom stereocenters. The molecule has 0 spiro atoms. The van der Waals surface area contributed by atoms with E-state index >= 15 is 0 Å². The Morgan fingerprint density at radius 1 is 1.03 bits per heavy atom. The van der Waals surface area contributed by atoms with Crippen molar-refractivity contribution in [2.75, 3.05) is 0 Å². The molecule has 0 fully saturated rings. The maximum absolute atomic E-state index is 4.02. The van der Waals surface area contributed by atoms with Crippen LogP contribution < -0.4 is 10.4 Å². The third kappa shape index (κ3) is 6.14. The minimum Gasteiger partial charge on any atom is -0.147 e. The van der Waals surface area contributed by atoms with Crippen LogP contribution in [0.2, 0.25) is 0 Å². The van der Waals surface area contributed by atoms with Crippen LogP contribution in [-0.4, -0.2) is 3.21 Å². The maximum atomic E-state index is 4.02. The average Bonchev–Trinajstić information content (AvgIpc) is 3.28. The maximum Gasteiger partial charge on any atom is -0.147 e. The number of halogens is 2. The van der Waals surface area contributed by atoms with Crippen molar-refractivity contribution in [2.45, 2.75) is 80.6 Å². The van der Waals surface area contributed by atoms with Gasteiger partial charge in [-0.3, -0.25) is 0 Å². The summed E-state index contributed by atoms with van der Waals surface area (Å²) in [6.07, 6.45) is 18.0. The Morgan fingerprint density at radius 2 is 1.65 bits per heavy atom. The largest absolute Gasteiger partial charge is 0.147 e. The van der Waals surface area contributed by atoms with Crippen LogP contribution in [0.3, 0.4) is 0 Å². The molecule has 34 heavy (non-hydrogen) atoms. The van der Waals surface area contributed by atoms with E-state index in [0.717, 1.165) is 12.8 Å². The number of hydrogen-bond donors (Lipinski definition) is 0. The summed E-state index contributed by atoms with van der Waals surface area (Å²) < 4.78 is 1.51. The van der Waals surface area contributed by atoms with Crippen molar-refractivity contribution in [1.29, 1.82) is 0 Å². The average molecular weight is 576 g/mol. The summed E-state index contributed by atoms with van der Waals surface area (Å²) in [7, 11) is 0. The van der Waals surface area contributed by atoms with Crippen molar-refractivity contribution >= 4 is 39.7 Å². The van der Waals surface area contributed by atoms with Crippen LogP contribution in [0.4, 0.5) is 0 Å². The molecule has 1 aromatic carbocycles. The van der Waals surface area contributed by atoms with Gasteiger partial charge in [-0.15, -0.1) is 36.5 Å². The molecule has 0 amide bonds. The summed E-state index contributed by atoms with van der Waals surface area (Å²) in [5.74, 6) is 0. The van der Waals surface area contributed by atoms with E-state index in [4.69, 9.17) is 0 Å². The molecular formula is C31H41Cl2Zr-. The normalized spacial score (nSPS) is 20.2. The third-order valence-corrected chi connectivity index (χ3v) is 6.70. The number of allylic oxidation sites excluding steroid dienone is 8. The molecule has 0 heterocycles. The van der Waals surface area contributed by atoms with E-state index in [0.29, 0.717) is 0 Å². The summed E-state index contributed by atoms with van der Waals surface area (Å²) in [5.41, 5.74) is 7.11. The van der Waals surface area contributed by atoms with Gasteiger partial charge >= 0.3 is 41.3 Å². The van der Waals surface area contributed by atoms with Gasteiger partial charge in [0.05, 0.1) is 0 Å². The smallest absolute Gasteiger partial charge is 0.147 e. The number of fused-ring (bicyclic) bond motifs is 2. The van der Waals surface area contributed by atoms with Gasteiger partial charge in [-0.25, -0.2) is 0 Å². The van der Waals surface area contributed by atoms with E-state index in [-0.39, 0.29) is 41.1 Å². The third-order valence-electron chi connectivity index (χ3n) is 6.70. The minimum atomic E-state index is -0.147. The topological polar surface area (TPSA) is 0 Å². The van der Waals surface area contributed by atoms with Gasteiger partial charge in [-0.2, -0.15) is 17.7 Å². The zero-order valence-electron chi connectivity index (χ0n) is 22.3. The van der Waals surface area contributed by atoms with Crippen LogP contribution in [0, 0.1) is 16.9 Å². The Labute approximate surface area is 235 Å². The summed E-state index contributed by atoms with van der Waals surface area (Å²) in [6.45, 7) is 20.4. The first-order valence-corrected chi connectivity index (χ1v) is 13.1. The Bertz CT molecular complexity index is 1170. The molecule has 3 aliphatic carbocycles. The van der Waals surface area contributed by atoms with E-state index in [2.05, 4.69) is 117 Å². The van der Waals surface area contributed by atoms with Gasteiger partial charge in [0, 0.05) is 0 Å². The standard InChI is InChI=1S/C28H33.C3H6.2ClH.Zr/c1-8-19-10-9-11-25(19)28(27(5,6)7)15-14-24-21(18-28)16-20-17-22(26(2,3)4)12-13-23(20)24;1-3-2;;;/h9-10,12-17H,8,11H2,1-7H3;1-2H3;2*1H;/q-1;;;;. The molecule has 3 aliphatic rings. The van der Waals surface area contributed by atoms with Gasteiger partial charge < -0.3 is 0 Å². The summed E-state index contributed by atoms with van der Waals surface area (Å²) in [6, 6.07) is 6.97. The number of hydrogen-bond acceptors (Lipinski definition) is 0. The molecule has 0 saturated carbocycles. The van der Waals surface area contributed by atoms with Crippen molar-refractivity contribution in [2.24, 2.45) is 10.8 Å². The van der Waals surface area contributed by atoms with Crippen LogP contribution in [0.5, 0.6) is 0 Å². The summed E-state index contributed by atoms with van der Waals surface area (Å²) >= 11 is 1.55. The summed E-state index contributed by atoms with van der Waals surface area (Å²) in [5, 5.41) is 2.69. The first-order valence-electron chi connectivity index (χ1n) is 11.9. The second-order valence-electron chi connectivity index (χ2n) is 11.5. The Balaban J connectivity index is 0.000000895. The summed E-state index contributed by atoms with van der Waals surface area (Å²) in [4.78, 5) is 0. The van der Waals surface area contributed by atoms with E-state index in [1.807, 2.05) is 0 Å². The fourth-order valence-electron chi connectivity index (χ4n) is 4.88. The van der Waals surface area contributed by atoms with E-state index in [1.54, 1.807) is 24.2 Å². The van der Waals surface area contributed by atoms with Gasteiger partial charge in [0.25, 0.3) is 0 Å². The van der Waals surface area contributed by atoms with Crippen LogP contribution in [-0.2, 0) is 29.7 Å². The first kappa shape index (κ1) is 31.3. The second kappa shape index (κ2) is 11.5. The van der Waals surface area contributed by atoms with Crippen molar-refractivity contribution in [3.63, 3.8) is 0 Å². The van der Waals surface area contributed by atoms with Crippen LogP contribution in [0.25, 0.3) is 11.6 Å². The molecule has 0 radical (unpaired) electrons. The number of rotatable bonds is 2. The molecule has 184 valence electrons. The quantitative estimate of drug-likeness (QED) is 0.320. The van der Waals surface area contributed by atoms with Crippen LogP contribution in [0.1, 0.15) is 80.7 Å². The van der Waals surface area contributed by atoms with Crippen molar-refractivity contribution in [1.82, 2.24) is 0 Å². The molecular weight excluding hydrogens is 534 g/mol. The van der Waals surface area contributed by atoms with E-state index < -0.39 is 0 Å². The van der Waals surface area contributed by atoms with Crippen molar-refractivity contribution < 1.29 is 24.2 Å². The van der Waals surface area contributed by atoms with E-state index in [1.165, 1.54) is 41.5 Å². The Hall–Kier alpha value is -0.747. The fourth-order valence-corrected chi connectivity index (χ4v) is 4.88.